The predicted molar refractivity (Wildman–Crippen MR) is 52.7 cm³/mol. The maximum atomic E-state index is 11.1. The highest BCUT2D eigenvalue weighted by Gasteiger charge is 2.32. The van der Waals surface area contributed by atoms with Crippen molar-refractivity contribution in [1.29, 1.82) is 0 Å². The number of hydrogen-bond acceptors (Lipinski definition) is 2. The van der Waals surface area contributed by atoms with E-state index in [9.17, 15) is 9.90 Å². The van der Waals surface area contributed by atoms with E-state index in [0.29, 0.717) is 16.3 Å². The Kier molecular flexibility index (Phi) is 2.06. The van der Waals surface area contributed by atoms with Crippen molar-refractivity contribution < 1.29 is 9.90 Å². The summed E-state index contributed by atoms with van der Waals surface area (Å²) in [6.07, 6.45) is -1.15. The van der Waals surface area contributed by atoms with Gasteiger partial charge in [0.15, 0.2) is 6.10 Å². The molecule has 68 valence electrons. The van der Waals surface area contributed by atoms with E-state index < -0.39 is 12.0 Å². The largest absolute Gasteiger partial charge is 0.378 e. The van der Waals surface area contributed by atoms with E-state index >= 15 is 0 Å². The smallest absolute Gasteiger partial charge is 0.258 e. The number of carbonyl (C=O) groups is 1. The Labute approximate surface area is 87.8 Å². The molecule has 1 unspecified atom stereocenters. The Morgan fingerprint density at radius 1 is 1.54 bits per heavy atom. The monoisotopic (exact) mass is 261 g/mol. The number of aliphatic hydroxyl groups excluding tert-OH is 1. The van der Waals surface area contributed by atoms with Gasteiger partial charge in [-0.25, -0.2) is 0 Å². The zero-order valence-corrected chi connectivity index (χ0v) is 8.69. The molecule has 1 heterocycles. The minimum atomic E-state index is -1.15. The SMILES string of the molecule is O=C1Nc2c(Br)ccc(Cl)c2C1O. The van der Waals surface area contributed by atoms with E-state index in [1.165, 1.54) is 0 Å². The summed E-state index contributed by atoms with van der Waals surface area (Å²) in [6.45, 7) is 0. The Morgan fingerprint density at radius 2 is 2.23 bits per heavy atom. The molecule has 0 fully saturated rings. The van der Waals surface area contributed by atoms with Gasteiger partial charge in [-0.05, 0) is 28.1 Å². The van der Waals surface area contributed by atoms with Gasteiger partial charge in [0.25, 0.3) is 5.91 Å². The van der Waals surface area contributed by atoms with Crippen LogP contribution in [0.15, 0.2) is 16.6 Å². The summed E-state index contributed by atoms with van der Waals surface area (Å²) in [5.41, 5.74) is 1.01. The van der Waals surface area contributed by atoms with Crippen LogP contribution >= 0.6 is 27.5 Å². The third kappa shape index (κ3) is 1.25. The summed E-state index contributed by atoms with van der Waals surface area (Å²) in [6, 6.07) is 3.35. The van der Waals surface area contributed by atoms with Gasteiger partial charge in [-0.2, -0.15) is 0 Å². The molecular weight excluding hydrogens is 257 g/mol. The van der Waals surface area contributed by atoms with Crippen LogP contribution in [-0.2, 0) is 4.79 Å². The maximum Gasteiger partial charge on any atom is 0.258 e. The Balaban J connectivity index is 2.68. The number of carbonyl (C=O) groups excluding carboxylic acids is 1. The number of fused-ring (bicyclic) bond motifs is 1. The van der Waals surface area contributed by atoms with Crippen LogP contribution in [0.2, 0.25) is 5.02 Å². The average Bonchev–Trinajstić information content (AvgIpc) is 2.38. The molecule has 1 amide bonds. The highest BCUT2D eigenvalue weighted by molar-refractivity contribution is 9.10. The third-order valence-corrected chi connectivity index (χ3v) is 2.90. The fraction of sp³-hybridized carbons (Fsp3) is 0.125. The van der Waals surface area contributed by atoms with E-state index in [1.807, 2.05) is 0 Å². The molecule has 13 heavy (non-hydrogen) atoms. The van der Waals surface area contributed by atoms with Crippen LogP contribution in [0.5, 0.6) is 0 Å². The molecule has 2 N–H and O–H groups in total. The van der Waals surface area contributed by atoms with Crippen LogP contribution < -0.4 is 5.32 Å². The number of rotatable bonds is 0. The quantitative estimate of drug-likeness (QED) is 0.752. The summed E-state index contributed by atoms with van der Waals surface area (Å²) in [5.74, 6) is -0.441. The van der Waals surface area contributed by atoms with Crippen molar-refractivity contribution in [1.82, 2.24) is 0 Å². The normalized spacial score (nSPS) is 19.9. The van der Waals surface area contributed by atoms with Gasteiger partial charge in [-0.1, -0.05) is 11.6 Å². The number of amides is 1. The van der Waals surface area contributed by atoms with E-state index in [-0.39, 0.29) is 0 Å². The van der Waals surface area contributed by atoms with E-state index in [1.54, 1.807) is 12.1 Å². The highest BCUT2D eigenvalue weighted by atomic mass is 79.9. The molecule has 5 heteroatoms. The molecule has 3 nitrogen and oxygen atoms in total. The van der Waals surface area contributed by atoms with Gasteiger partial charge in [0.2, 0.25) is 0 Å². The van der Waals surface area contributed by atoms with Crippen LogP contribution in [0.4, 0.5) is 5.69 Å². The van der Waals surface area contributed by atoms with Crippen LogP contribution in [0.1, 0.15) is 11.7 Å². The number of nitrogens with one attached hydrogen (secondary N) is 1. The summed E-state index contributed by atoms with van der Waals surface area (Å²) < 4.78 is 0.719. The van der Waals surface area contributed by atoms with Gasteiger partial charge in [0, 0.05) is 15.1 Å². The molecule has 1 aromatic carbocycles. The van der Waals surface area contributed by atoms with Gasteiger partial charge >= 0.3 is 0 Å². The molecule has 0 aromatic heterocycles. The van der Waals surface area contributed by atoms with E-state index in [0.717, 1.165) is 4.47 Å². The van der Waals surface area contributed by atoms with Crippen molar-refractivity contribution in [3.63, 3.8) is 0 Å². The lowest BCUT2D eigenvalue weighted by Crippen LogP contribution is -2.10. The molecule has 1 aromatic rings. The summed E-state index contributed by atoms with van der Waals surface area (Å²) >= 11 is 9.08. The van der Waals surface area contributed by atoms with Gasteiger partial charge in [-0.15, -0.1) is 0 Å². The second-order valence-electron chi connectivity index (χ2n) is 2.71. The van der Waals surface area contributed by atoms with Gasteiger partial charge in [-0.3, -0.25) is 4.79 Å². The molecule has 0 spiro atoms. The molecule has 1 aliphatic heterocycles. The second-order valence-corrected chi connectivity index (χ2v) is 3.97. The second kappa shape index (κ2) is 2.97. The van der Waals surface area contributed by atoms with Gasteiger partial charge < -0.3 is 10.4 Å². The average molecular weight is 262 g/mol. The summed E-state index contributed by atoms with van der Waals surface area (Å²) in [5, 5.41) is 12.4. The first-order valence-corrected chi connectivity index (χ1v) is 4.75. The predicted octanol–water partition coefficient (Wildman–Crippen LogP) is 2.09. The fourth-order valence-corrected chi connectivity index (χ4v) is 1.99. The standard InChI is InChI=1S/C8H5BrClNO2/c9-3-1-2-4(10)5-6(3)11-8(13)7(5)12/h1-2,7,12H,(H,11,13). The van der Waals surface area contributed by atoms with Crippen molar-refractivity contribution in [2.75, 3.05) is 5.32 Å². The van der Waals surface area contributed by atoms with Crippen LogP contribution in [0.25, 0.3) is 0 Å². The molecule has 0 bridgehead atoms. The van der Waals surface area contributed by atoms with Crippen LogP contribution in [0.3, 0.4) is 0 Å². The van der Waals surface area contributed by atoms with Crippen molar-refractivity contribution in [2.45, 2.75) is 6.10 Å². The van der Waals surface area contributed by atoms with Crippen molar-refractivity contribution >= 4 is 39.1 Å². The number of hydrogen-bond donors (Lipinski definition) is 2. The molecule has 0 aliphatic carbocycles. The summed E-state index contributed by atoms with van der Waals surface area (Å²) in [4.78, 5) is 11.1. The maximum absolute atomic E-state index is 11.1. The lowest BCUT2D eigenvalue weighted by atomic mass is 10.1. The van der Waals surface area contributed by atoms with Crippen molar-refractivity contribution in [3.05, 3.63) is 27.2 Å². The number of benzene rings is 1. The Bertz CT molecular complexity index is 394. The molecule has 0 saturated heterocycles. The molecular formula is C8H5BrClNO2. The lowest BCUT2D eigenvalue weighted by molar-refractivity contribution is -0.123. The van der Waals surface area contributed by atoms with Gasteiger partial charge in [0.1, 0.15) is 0 Å². The molecule has 1 atom stereocenters. The number of anilines is 1. The first kappa shape index (κ1) is 8.99. The first-order valence-electron chi connectivity index (χ1n) is 3.58. The third-order valence-electron chi connectivity index (χ3n) is 1.91. The van der Waals surface area contributed by atoms with Crippen LogP contribution in [0, 0.1) is 0 Å². The number of aliphatic hydroxyl groups is 1. The number of halogens is 2. The zero-order valence-electron chi connectivity index (χ0n) is 6.34. The molecule has 2 rings (SSSR count). The minimum absolute atomic E-state index is 0.393. The zero-order chi connectivity index (χ0) is 9.59. The molecule has 1 aliphatic rings. The topological polar surface area (TPSA) is 49.3 Å². The molecule has 0 radical (unpaired) electrons. The lowest BCUT2D eigenvalue weighted by Gasteiger charge is -2.04. The minimum Gasteiger partial charge on any atom is -0.378 e. The van der Waals surface area contributed by atoms with Gasteiger partial charge in [0.05, 0.1) is 5.69 Å². The Hall–Kier alpha value is -0.580. The van der Waals surface area contributed by atoms with Crippen LogP contribution in [-0.4, -0.2) is 11.0 Å². The first-order chi connectivity index (χ1) is 6.11. The summed E-state index contributed by atoms with van der Waals surface area (Å²) in [7, 11) is 0. The van der Waals surface area contributed by atoms with Crippen molar-refractivity contribution in [3.8, 4) is 0 Å². The van der Waals surface area contributed by atoms with Crippen molar-refractivity contribution in [2.24, 2.45) is 0 Å². The van der Waals surface area contributed by atoms with E-state index in [4.69, 9.17) is 11.6 Å². The molecule has 0 saturated carbocycles. The Morgan fingerprint density at radius 3 is 2.85 bits per heavy atom. The van der Waals surface area contributed by atoms with E-state index in [2.05, 4.69) is 21.2 Å². The fourth-order valence-electron chi connectivity index (χ4n) is 1.28. The highest BCUT2D eigenvalue weighted by Crippen LogP contribution is 2.40.